The van der Waals surface area contributed by atoms with Crippen molar-refractivity contribution < 1.29 is 9.59 Å². The molecular formula is C12H16NO2P. The van der Waals surface area contributed by atoms with Crippen molar-refractivity contribution in [2.45, 2.75) is 19.4 Å². The number of benzene rings is 1. The maximum absolute atomic E-state index is 11.7. The Morgan fingerprint density at radius 3 is 2.44 bits per heavy atom. The first-order valence-electron chi connectivity index (χ1n) is 5.26. The summed E-state index contributed by atoms with van der Waals surface area (Å²) in [5.41, 5.74) is 0.830. The van der Waals surface area contributed by atoms with Crippen LogP contribution in [-0.4, -0.2) is 17.9 Å². The van der Waals surface area contributed by atoms with E-state index in [1.807, 2.05) is 30.3 Å². The first kappa shape index (κ1) is 12.9. The van der Waals surface area contributed by atoms with Crippen LogP contribution in [0, 0.1) is 0 Å². The number of Topliss-reactive ketones (excluding diaryl/α,β-unsaturated/α-hetero) is 1. The van der Waals surface area contributed by atoms with Crippen molar-refractivity contribution in [1.29, 1.82) is 0 Å². The summed E-state index contributed by atoms with van der Waals surface area (Å²) in [6.07, 6.45) is 0.719. The molecule has 1 N–H and O–H groups in total. The van der Waals surface area contributed by atoms with E-state index in [9.17, 15) is 9.59 Å². The van der Waals surface area contributed by atoms with Gasteiger partial charge in [0.25, 0.3) is 0 Å². The summed E-state index contributed by atoms with van der Waals surface area (Å²) in [5.74, 6) is -0.112. The summed E-state index contributed by atoms with van der Waals surface area (Å²) < 4.78 is 0. The Labute approximate surface area is 97.8 Å². The molecule has 0 aliphatic carbocycles. The van der Waals surface area contributed by atoms with E-state index in [1.54, 1.807) is 6.92 Å². The van der Waals surface area contributed by atoms with Gasteiger partial charge < -0.3 is 5.32 Å². The normalized spacial score (nSPS) is 11.9. The van der Waals surface area contributed by atoms with E-state index >= 15 is 0 Å². The largest absolute Gasteiger partial charge is 0.342 e. The number of ketones is 1. The van der Waals surface area contributed by atoms with Crippen LogP contribution in [-0.2, 0) is 9.59 Å². The fourth-order valence-electron chi connectivity index (χ4n) is 1.38. The quantitative estimate of drug-likeness (QED) is 0.792. The van der Waals surface area contributed by atoms with Crippen molar-refractivity contribution in [2.24, 2.45) is 0 Å². The Kier molecular flexibility index (Phi) is 5.13. The third kappa shape index (κ3) is 3.42. The van der Waals surface area contributed by atoms with Crippen LogP contribution in [0.25, 0.3) is 0 Å². The van der Waals surface area contributed by atoms with E-state index in [0.717, 1.165) is 5.56 Å². The van der Waals surface area contributed by atoms with Crippen LogP contribution in [0.2, 0.25) is 0 Å². The molecule has 1 aromatic carbocycles. The highest BCUT2D eigenvalue weighted by Gasteiger charge is 2.19. The zero-order valence-corrected chi connectivity index (χ0v) is 10.4. The van der Waals surface area contributed by atoms with Crippen LogP contribution < -0.4 is 5.32 Å². The molecule has 0 heterocycles. The van der Waals surface area contributed by atoms with Crippen molar-refractivity contribution in [3.63, 3.8) is 0 Å². The van der Waals surface area contributed by atoms with E-state index in [2.05, 4.69) is 14.6 Å². The second-order valence-electron chi connectivity index (χ2n) is 3.44. The number of rotatable bonds is 5. The molecule has 2 atom stereocenters. The molecular weight excluding hydrogens is 221 g/mol. The first-order chi connectivity index (χ1) is 7.69. The highest BCUT2D eigenvalue weighted by molar-refractivity contribution is 7.18. The molecule has 1 amide bonds. The SMILES string of the molecule is CCC(=O)N[C@H](C(=O)CP)c1ccccc1. The number of hydrogen-bond acceptors (Lipinski definition) is 2. The molecule has 0 radical (unpaired) electrons. The van der Waals surface area contributed by atoms with Crippen molar-refractivity contribution in [3.05, 3.63) is 35.9 Å². The van der Waals surface area contributed by atoms with E-state index in [0.29, 0.717) is 12.6 Å². The van der Waals surface area contributed by atoms with Gasteiger partial charge in [-0.2, -0.15) is 0 Å². The minimum atomic E-state index is -0.522. The lowest BCUT2D eigenvalue weighted by molar-refractivity contribution is -0.126. The molecule has 0 aliphatic heterocycles. The van der Waals surface area contributed by atoms with Crippen molar-refractivity contribution >= 4 is 20.9 Å². The maximum Gasteiger partial charge on any atom is 0.220 e. The second-order valence-corrected chi connectivity index (χ2v) is 3.84. The number of hydrogen-bond donors (Lipinski definition) is 1. The molecule has 0 aliphatic rings. The number of carbonyl (C=O) groups excluding carboxylic acids is 2. The van der Waals surface area contributed by atoms with Crippen molar-refractivity contribution in [1.82, 2.24) is 5.32 Å². The van der Waals surface area contributed by atoms with Crippen LogP contribution in [0.1, 0.15) is 24.9 Å². The molecule has 1 rings (SSSR count). The monoisotopic (exact) mass is 237 g/mol. The minimum Gasteiger partial charge on any atom is -0.342 e. The van der Waals surface area contributed by atoms with Crippen LogP contribution in [0.5, 0.6) is 0 Å². The smallest absolute Gasteiger partial charge is 0.220 e. The fraction of sp³-hybridized carbons (Fsp3) is 0.333. The Morgan fingerprint density at radius 1 is 1.31 bits per heavy atom. The van der Waals surface area contributed by atoms with Gasteiger partial charge in [-0.25, -0.2) is 0 Å². The molecule has 0 spiro atoms. The summed E-state index contributed by atoms with van der Waals surface area (Å²) in [6.45, 7) is 1.77. The highest BCUT2D eigenvalue weighted by atomic mass is 31.0. The van der Waals surface area contributed by atoms with E-state index < -0.39 is 6.04 Å². The van der Waals surface area contributed by atoms with Gasteiger partial charge in [-0.15, -0.1) is 9.24 Å². The molecule has 4 heteroatoms. The number of nitrogens with one attached hydrogen (secondary N) is 1. The van der Waals surface area contributed by atoms with Gasteiger partial charge in [0.2, 0.25) is 5.91 Å². The van der Waals surface area contributed by atoms with Crippen LogP contribution in [0.15, 0.2) is 30.3 Å². The van der Waals surface area contributed by atoms with Gasteiger partial charge >= 0.3 is 0 Å². The first-order valence-corrected chi connectivity index (χ1v) is 6.07. The van der Waals surface area contributed by atoms with Gasteiger partial charge in [0.15, 0.2) is 5.78 Å². The van der Waals surface area contributed by atoms with Gasteiger partial charge in [0, 0.05) is 12.6 Å². The Balaban J connectivity index is 2.88. The molecule has 0 saturated heterocycles. The van der Waals surface area contributed by atoms with Gasteiger partial charge in [0.1, 0.15) is 6.04 Å². The average Bonchev–Trinajstić information content (AvgIpc) is 2.35. The molecule has 16 heavy (non-hydrogen) atoms. The van der Waals surface area contributed by atoms with Crippen LogP contribution >= 0.6 is 9.24 Å². The molecule has 1 unspecified atom stereocenters. The van der Waals surface area contributed by atoms with Gasteiger partial charge in [-0.3, -0.25) is 9.59 Å². The topological polar surface area (TPSA) is 46.2 Å². The van der Waals surface area contributed by atoms with Gasteiger partial charge in [-0.05, 0) is 5.56 Å². The van der Waals surface area contributed by atoms with Gasteiger partial charge in [0.05, 0.1) is 0 Å². The standard InChI is InChI=1S/C12H16NO2P/c1-2-11(15)13-12(10(14)8-16)9-6-4-3-5-7-9/h3-7,12H,2,8,16H2,1H3,(H,13,15)/t12-/m0/s1. The summed E-state index contributed by atoms with van der Waals surface area (Å²) in [6, 6.07) is 8.77. The van der Waals surface area contributed by atoms with E-state index in [4.69, 9.17) is 0 Å². The van der Waals surface area contributed by atoms with Crippen LogP contribution in [0.4, 0.5) is 0 Å². The lowest BCUT2D eigenvalue weighted by Gasteiger charge is -2.16. The number of amides is 1. The Hall–Kier alpha value is -1.21. The third-order valence-corrected chi connectivity index (χ3v) is 2.68. The molecule has 0 fully saturated rings. The van der Waals surface area contributed by atoms with Crippen LogP contribution in [0.3, 0.4) is 0 Å². The summed E-state index contributed by atoms with van der Waals surface area (Å²) in [5, 5.41) is 2.73. The minimum absolute atomic E-state index is 0.00185. The Bertz CT molecular complexity index is 365. The number of carbonyl (C=O) groups is 2. The Morgan fingerprint density at radius 2 is 1.94 bits per heavy atom. The summed E-state index contributed by atoms with van der Waals surface area (Å²) in [4.78, 5) is 23.1. The van der Waals surface area contributed by atoms with Gasteiger partial charge in [-0.1, -0.05) is 37.3 Å². The molecule has 86 valence electrons. The lowest BCUT2D eigenvalue weighted by atomic mass is 10.0. The fourth-order valence-corrected chi connectivity index (χ4v) is 1.61. The van der Waals surface area contributed by atoms with E-state index in [-0.39, 0.29) is 11.7 Å². The predicted molar refractivity (Wildman–Crippen MR) is 67.2 cm³/mol. The van der Waals surface area contributed by atoms with Crippen molar-refractivity contribution in [3.8, 4) is 0 Å². The van der Waals surface area contributed by atoms with E-state index in [1.165, 1.54) is 0 Å². The molecule has 0 saturated carbocycles. The molecule has 1 aromatic rings. The van der Waals surface area contributed by atoms with Crippen molar-refractivity contribution in [2.75, 3.05) is 6.16 Å². The third-order valence-electron chi connectivity index (χ3n) is 2.28. The zero-order chi connectivity index (χ0) is 12.0. The lowest BCUT2D eigenvalue weighted by Crippen LogP contribution is -2.33. The summed E-state index contributed by atoms with van der Waals surface area (Å²) >= 11 is 0. The summed E-state index contributed by atoms with van der Waals surface area (Å²) in [7, 11) is 2.39. The molecule has 3 nitrogen and oxygen atoms in total. The zero-order valence-electron chi connectivity index (χ0n) is 9.27. The second kappa shape index (κ2) is 6.39. The maximum atomic E-state index is 11.7. The molecule has 0 aromatic heterocycles. The average molecular weight is 237 g/mol. The molecule has 0 bridgehead atoms. The predicted octanol–water partition coefficient (Wildman–Crippen LogP) is 1.70. The highest BCUT2D eigenvalue weighted by Crippen LogP contribution is 2.14.